The van der Waals surface area contributed by atoms with Gasteiger partial charge in [-0.15, -0.1) is 0 Å². The van der Waals surface area contributed by atoms with Crippen LogP contribution >= 0.6 is 0 Å². The molecule has 0 unspecified atom stereocenters. The normalized spacial score (nSPS) is 15.4. The molecule has 3 nitrogen and oxygen atoms in total. The fourth-order valence-electron chi connectivity index (χ4n) is 3.88. The van der Waals surface area contributed by atoms with Gasteiger partial charge in [-0.25, -0.2) is 4.98 Å². The van der Waals surface area contributed by atoms with Gasteiger partial charge < -0.3 is 5.73 Å². The molecule has 1 aliphatic carbocycles. The molecule has 2 aromatic heterocycles. The summed E-state index contributed by atoms with van der Waals surface area (Å²) in [5.74, 6) is 0. The van der Waals surface area contributed by atoms with Crippen LogP contribution in [-0.2, 0) is 5.54 Å². The monoisotopic (exact) mass is 351 g/mol. The molecular formula is C24H21N3. The van der Waals surface area contributed by atoms with Gasteiger partial charge >= 0.3 is 0 Å². The van der Waals surface area contributed by atoms with Crippen molar-refractivity contribution in [1.29, 1.82) is 0 Å². The van der Waals surface area contributed by atoms with E-state index in [4.69, 9.17) is 10.7 Å². The third-order valence-electron chi connectivity index (χ3n) is 5.68. The summed E-state index contributed by atoms with van der Waals surface area (Å²) in [7, 11) is 0. The van der Waals surface area contributed by atoms with Crippen molar-refractivity contribution in [2.75, 3.05) is 0 Å². The van der Waals surface area contributed by atoms with Crippen molar-refractivity contribution < 1.29 is 0 Å². The summed E-state index contributed by atoms with van der Waals surface area (Å²) < 4.78 is 0. The van der Waals surface area contributed by atoms with Gasteiger partial charge in [-0.2, -0.15) is 0 Å². The molecule has 3 heteroatoms. The molecule has 0 atom stereocenters. The van der Waals surface area contributed by atoms with Gasteiger partial charge in [-0.1, -0.05) is 54.6 Å². The summed E-state index contributed by atoms with van der Waals surface area (Å²) >= 11 is 0. The molecule has 1 aliphatic rings. The highest BCUT2D eigenvalue weighted by Crippen LogP contribution is 2.40. The Hall–Kier alpha value is -3.04. The number of hydrogen-bond acceptors (Lipinski definition) is 3. The zero-order valence-electron chi connectivity index (χ0n) is 15.1. The first kappa shape index (κ1) is 16.2. The largest absolute Gasteiger partial charge is 0.321 e. The lowest BCUT2D eigenvalue weighted by atomic mass is 9.72. The van der Waals surface area contributed by atoms with Crippen molar-refractivity contribution in [1.82, 2.24) is 9.97 Å². The highest BCUT2D eigenvalue weighted by molar-refractivity contribution is 5.91. The van der Waals surface area contributed by atoms with Crippen LogP contribution in [0.15, 0.2) is 79.1 Å². The van der Waals surface area contributed by atoms with Crippen molar-refractivity contribution in [2.24, 2.45) is 5.73 Å². The predicted octanol–water partition coefficient (Wildman–Crippen LogP) is 5.30. The smallest absolute Gasteiger partial charge is 0.0788 e. The zero-order chi connectivity index (χ0) is 18.3. The number of fused-ring (bicyclic) bond motifs is 1. The van der Waals surface area contributed by atoms with E-state index in [2.05, 4.69) is 59.6 Å². The van der Waals surface area contributed by atoms with Crippen molar-refractivity contribution in [3.05, 3.63) is 84.7 Å². The fourth-order valence-corrected chi connectivity index (χ4v) is 3.88. The molecule has 0 spiro atoms. The lowest BCUT2D eigenvalue weighted by Crippen LogP contribution is -2.43. The lowest BCUT2D eigenvalue weighted by Gasteiger charge is -2.38. The number of benzene rings is 2. The summed E-state index contributed by atoms with van der Waals surface area (Å²) in [6, 6.07) is 23.2. The average molecular weight is 351 g/mol. The molecule has 0 aliphatic heterocycles. The minimum Gasteiger partial charge on any atom is -0.321 e. The number of hydrogen-bond donors (Lipinski definition) is 1. The van der Waals surface area contributed by atoms with Crippen LogP contribution in [0.25, 0.3) is 33.3 Å². The maximum atomic E-state index is 6.49. The molecule has 2 heterocycles. The van der Waals surface area contributed by atoms with Crippen LogP contribution in [-0.4, -0.2) is 9.97 Å². The topological polar surface area (TPSA) is 51.8 Å². The highest BCUT2D eigenvalue weighted by atomic mass is 14.8. The summed E-state index contributed by atoms with van der Waals surface area (Å²) in [4.78, 5) is 9.23. The van der Waals surface area contributed by atoms with E-state index in [1.807, 2.05) is 18.3 Å². The number of nitrogens with two attached hydrogens (primary N) is 1. The maximum absolute atomic E-state index is 6.49. The van der Waals surface area contributed by atoms with E-state index >= 15 is 0 Å². The molecule has 5 rings (SSSR count). The van der Waals surface area contributed by atoms with E-state index in [1.54, 1.807) is 6.20 Å². The van der Waals surface area contributed by atoms with Crippen LogP contribution in [0, 0.1) is 0 Å². The Morgan fingerprint density at radius 3 is 2.33 bits per heavy atom. The molecule has 0 bridgehead atoms. The Morgan fingerprint density at radius 2 is 1.63 bits per heavy atom. The van der Waals surface area contributed by atoms with Gasteiger partial charge in [0.2, 0.25) is 0 Å². The molecule has 0 amide bonds. The second-order valence-electron chi connectivity index (χ2n) is 7.41. The van der Waals surface area contributed by atoms with Crippen molar-refractivity contribution >= 4 is 10.9 Å². The Bertz CT molecular complexity index is 1100. The minimum atomic E-state index is -0.136. The number of pyridine rings is 2. The molecule has 1 saturated carbocycles. The first-order valence-corrected chi connectivity index (χ1v) is 9.43. The maximum Gasteiger partial charge on any atom is 0.0788 e. The molecular weight excluding hydrogens is 330 g/mol. The molecule has 2 N–H and O–H groups in total. The fraction of sp³-hybridized carbons (Fsp3) is 0.167. The first-order chi connectivity index (χ1) is 13.2. The van der Waals surface area contributed by atoms with Crippen LogP contribution < -0.4 is 5.73 Å². The summed E-state index contributed by atoms with van der Waals surface area (Å²) in [5.41, 5.74) is 12.9. The Balaban J connectivity index is 1.67. The van der Waals surface area contributed by atoms with Crippen LogP contribution in [0.1, 0.15) is 24.8 Å². The molecule has 0 radical (unpaired) electrons. The van der Waals surface area contributed by atoms with E-state index in [9.17, 15) is 0 Å². The Labute approximate surface area is 158 Å². The molecule has 4 aromatic rings. The van der Waals surface area contributed by atoms with E-state index in [1.165, 1.54) is 12.0 Å². The first-order valence-electron chi connectivity index (χ1n) is 9.43. The van der Waals surface area contributed by atoms with Gasteiger partial charge in [-0.3, -0.25) is 4.98 Å². The quantitative estimate of drug-likeness (QED) is 0.545. The molecule has 1 fully saturated rings. The number of aromatic nitrogens is 2. The third kappa shape index (κ3) is 2.81. The van der Waals surface area contributed by atoms with Gasteiger partial charge in [0.1, 0.15) is 0 Å². The Kier molecular flexibility index (Phi) is 3.76. The van der Waals surface area contributed by atoms with E-state index < -0.39 is 0 Å². The number of rotatable bonds is 3. The predicted molar refractivity (Wildman–Crippen MR) is 110 cm³/mol. The molecule has 132 valence electrons. The van der Waals surface area contributed by atoms with E-state index in [0.717, 1.165) is 46.1 Å². The summed E-state index contributed by atoms with van der Waals surface area (Å²) in [6.45, 7) is 0. The Morgan fingerprint density at radius 1 is 0.852 bits per heavy atom. The average Bonchev–Trinajstić information content (AvgIpc) is 2.72. The van der Waals surface area contributed by atoms with Crippen LogP contribution in [0.4, 0.5) is 0 Å². The van der Waals surface area contributed by atoms with Gasteiger partial charge in [-0.05, 0) is 42.5 Å². The van der Waals surface area contributed by atoms with Crippen molar-refractivity contribution in [3.8, 4) is 22.4 Å². The van der Waals surface area contributed by atoms with Crippen molar-refractivity contribution in [2.45, 2.75) is 24.8 Å². The zero-order valence-corrected chi connectivity index (χ0v) is 15.1. The number of nitrogens with zero attached hydrogens (tertiary/aromatic N) is 2. The molecule has 0 saturated heterocycles. The summed E-state index contributed by atoms with van der Waals surface area (Å²) in [6.07, 6.45) is 7.03. The second-order valence-corrected chi connectivity index (χ2v) is 7.41. The second kappa shape index (κ2) is 6.29. The van der Waals surface area contributed by atoms with Gasteiger partial charge in [0.15, 0.2) is 0 Å². The van der Waals surface area contributed by atoms with E-state index in [-0.39, 0.29) is 5.54 Å². The van der Waals surface area contributed by atoms with Crippen molar-refractivity contribution in [3.63, 3.8) is 0 Å². The van der Waals surface area contributed by atoms with Gasteiger partial charge in [0.25, 0.3) is 0 Å². The summed E-state index contributed by atoms with van der Waals surface area (Å²) in [5, 5.41) is 1.05. The standard InChI is InChI=1S/C24H21N3/c25-24(12-4-13-24)20-9-7-18(8-10-20)23-21(17-5-2-1-3-6-17)15-19-16-26-14-11-22(19)27-23/h1-3,5-11,14-16H,4,12-13,25H2. The van der Waals surface area contributed by atoms with Crippen LogP contribution in [0.2, 0.25) is 0 Å². The third-order valence-corrected chi connectivity index (χ3v) is 5.68. The lowest BCUT2D eigenvalue weighted by molar-refractivity contribution is 0.253. The van der Waals surface area contributed by atoms with Crippen LogP contribution in [0.3, 0.4) is 0 Å². The van der Waals surface area contributed by atoms with E-state index in [0.29, 0.717) is 0 Å². The highest BCUT2D eigenvalue weighted by Gasteiger charge is 2.34. The van der Waals surface area contributed by atoms with Gasteiger partial charge in [0.05, 0.1) is 11.2 Å². The molecule has 27 heavy (non-hydrogen) atoms. The van der Waals surface area contributed by atoms with Gasteiger partial charge in [0, 0.05) is 34.4 Å². The SMILES string of the molecule is NC1(c2ccc(-c3nc4ccncc4cc3-c3ccccc3)cc2)CCC1. The van der Waals surface area contributed by atoms with Crippen LogP contribution in [0.5, 0.6) is 0 Å². The molecule has 2 aromatic carbocycles. The minimum absolute atomic E-state index is 0.136.